The molecule has 0 aliphatic heterocycles. The molecule has 0 saturated heterocycles. The van der Waals surface area contributed by atoms with Crippen molar-refractivity contribution in [2.75, 3.05) is 6.61 Å². The molecule has 2 aliphatic rings. The molecule has 3 rings (SSSR count). The van der Waals surface area contributed by atoms with E-state index in [1.807, 2.05) is 18.0 Å². The molecule has 5 atom stereocenters. The van der Waals surface area contributed by atoms with Crippen molar-refractivity contribution in [2.45, 2.75) is 78.2 Å². The van der Waals surface area contributed by atoms with Crippen LogP contribution < -0.4 is 4.72 Å². The molecular formula is C25H39NOS. The topological polar surface area (TPSA) is 21.3 Å². The number of rotatable bonds is 8. The molecule has 1 N–H and O–H groups in total. The molecule has 2 saturated carbocycles. The number of hydrogen-bond donors (Lipinski definition) is 1. The highest BCUT2D eigenvalue weighted by Gasteiger charge is 2.67. The quantitative estimate of drug-likeness (QED) is 0.382. The van der Waals surface area contributed by atoms with E-state index in [4.69, 9.17) is 4.74 Å². The predicted molar refractivity (Wildman–Crippen MR) is 122 cm³/mol. The van der Waals surface area contributed by atoms with Gasteiger partial charge in [0.2, 0.25) is 0 Å². The lowest BCUT2D eigenvalue weighted by Crippen LogP contribution is -2.43. The molecule has 3 heteroatoms. The molecule has 2 bridgehead atoms. The van der Waals surface area contributed by atoms with Gasteiger partial charge in [0.05, 0.1) is 12.7 Å². The largest absolute Gasteiger partial charge is 0.376 e. The molecule has 2 aliphatic carbocycles. The lowest BCUT2D eigenvalue weighted by molar-refractivity contribution is -0.0671. The van der Waals surface area contributed by atoms with Gasteiger partial charge in [-0.1, -0.05) is 89.9 Å². The van der Waals surface area contributed by atoms with E-state index < -0.39 is 0 Å². The smallest absolute Gasteiger partial charge is 0.0768 e. The van der Waals surface area contributed by atoms with Gasteiger partial charge in [-0.3, -0.25) is 4.72 Å². The highest BCUT2D eigenvalue weighted by Crippen LogP contribution is 2.68. The Morgan fingerprint density at radius 3 is 2.54 bits per heavy atom. The number of fused-ring (bicyclic) bond motifs is 2. The monoisotopic (exact) mass is 401 g/mol. The molecule has 0 heterocycles. The van der Waals surface area contributed by atoms with Crippen LogP contribution in [0.15, 0.2) is 43.0 Å². The van der Waals surface area contributed by atoms with Gasteiger partial charge in [-0.2, -0.15) is 0 Å². The van der Waals surface area contributed by atoms with Crippen molar-refractivity contribution in [1.82, 2.24) is 4.72 Å². The van der Waals surface area contributed by atoms with E-state index in [-0.39, 0.29) is 10.8 Å². The Labute approximate surface area is 177 Å². The fourth-order valence-electron chi connectivity index (χ4n) is 5.25. The summed E-state index contributed by atoms with van der Waals surface area (Å²) in [7, 11) is 0. The van der Waals surface area contributed by atoms with Crippen LogP contribution in [-0.4, -0.2) is 18.0 Å². The van der Waals surface area contributed by atoms with Crippen molar-refractivity contribution in [3.63, 3.8) is 0 Å². The Hall–Kier alpha value is -0.770. The highest BCUT2D eigenvalue weighted by atomic mass is 32.2. The lowest BCUT2D eigenvalue weighted by Gasteiger charge is -2.41. The second-order valence-electron chi connectivity index (χ2n) is 10.8. The Bertz CT molecular complexity index is 665. The Morgan fingerprint density at radius 2 is 1.93 bits per heavy atom. The van der Waals surface area contributed by atoms with Crippen molar-refractivity contribution in [3.05, 3.63) is 48.6 Å². The normalized spacial score (nSPS) is 32.4. The maximum absolute atomic E-state index is 6.67. The molecule has 0 amide bonds. The van der Waals surface area contributed by atoms with Crippen LogP contribution in [0.5, 0.6) is 0 Å². The number of nitrogens with one attached hydrogen (secondary N) is 1. The minimum Gasteiger partial charge on any atom is -0.376 e. The van der Waals surface area contributed by atoms with Crippen LogP contribution in [-0.2, 0) is 4.74 Å². The molecule has 1 aromatic rings. The molecular weight excluding hydrogens is 362 g/mol. The van der Waals surface area contributed by atoms with Gasteiger partial charge >= 0.3 is 0 Å². The van der Waals surface area contributed by atoms with Crippen molar-refractivity contribution in [3.8, 4) is 0 Å². The first-order valence-electron chi connectivity index (χ1n) is 10.8. The van der Waals surface area contributed by atoms with Gasteiger partial charge in [0.1, 0.15) is 0 Å². The predicted octanol–water partition coefficient (Wildman–Crippen LogP) is 6.80. The standard InChI is InChI=1S/C25H39NOS/c1-8-12-20(18-13-10-9-11-14-18)26-28-21-19-15-16-25(7,24(19,5)6)22(21)27-17-23(2,3)4/h8-11,13-14,19-22,26H,1,12,15-17H2,2-7H3/t19-,20+,21?,22?,25+/m1/s1. The van der Waals surface area contributed by atoms with E-state index in [0.717, 1.165) is 13.0 Å². The maximum atomic E-state index is 6.67. The van der Waals surface area contributed by atoms with Crippen LogP contribution in [0, 0.1) is 22.2 Å². The van der Waals surface area contributed by atoms with Crippen molar-refractivity contribution < 1.29 is 4.74 Å². The van der Waals surface area contributed by atoms with E-state index in [2.05, 4.69) is 83.2 Å². The molecule has 156 valence electrons. The summed E-state index contributed by atoms with van der Waals surface area (Å²) < 4.78 is 10.5. The van der Waals surface area contributed by atoms with E-state index in [1.165, 1.54) is 18.4 Å². The molecule has 1 aromatic carbocycles. The average Bonchev–Trinajstić information content (AvgIpc) is 2.95. The minimum atomic E-state index is 0.195. The van der Waals surface area contributed by atoms with Crippen molar-refractivity contribution in [1.29, 1.82) is 0 Å². The van der Waals surface area contributed by atoms with Gasteiger partial charge in [0.25, 0.3) is 0 Å². The number of ether oxygens (including phenoxy) is 1. The summed E-state index contributed by atoms with van der Waals surface area (Å²) in [6, 6.07) is 11.0. The third kappa shape index (κ3) is 4.08. The average molecular weight is 402 g/mol. The Balaban J connectivity index is 1.77. The first-order valence-corrected chi connectivity index (χ1v) is 11.7. The van der Waals surface area contributed by atoms with Crippen molar-refractivity contribution in [2.24, 2.45) is 22.2 Å². The molecule has 0 radical (unpaired) electrons. The van der Waals surface area contributed by atoms with Crippen LogP contribution in [0.25, 0.3) is 0 Å². The van der Waals surface area contributed by atoms with E-state index >= 15 is 0 Å². The minimum absolute atomic E-state index is 0.195. The van der Waals surface area contributed by atoms with Crippen LogP contribution in [0.3, 0.4) is 0 Å². The number of hydrogen-bond acceptors (Lipinski definition) is 3. The maximum Gasteiger partial charge on any atom is 0.0768 e. The van der Waals surface area contributed by atoms with Gasteiger partial charge in [-0.05, 0) is 41.6 Å². The van der Waals surface area contributed by atoms with Gasteiger partial charge in [0.15, 0.2) is 0 Å². The summed E-state index contributed by atoms with van der Waals surface area (Å²) in [5.41, 5.74) is 2.09. The molecule has 28 heavy (non-hydrogen) atoms. The zero-order valence-corrected chi connectivity index (χ0v) is 19.4. The first kappa shape index (κ1) is 21.9. The first-order chi connectivity index (χ1) is 13.1. The second-order valence-corrected chi connectivity index (χ2v) is 11.8. The van der Waals surface area contributed by atoms with Gasteiger partial charge in [0, 0.05) is 16.7 Å². The zero-order valence-electron chi connectivity index (χ0n) is 18.6. The molecule has 2 nitrogen and oxygen atoms in total. The molecule has 2 unspecified atom stereocenters. The Kier molecular flexibility index (Phi) is 6.39. The summed E-state index contributed by atoms with van der Waals surface area (Å²) in [4.78, 5) is 0. The summed E-state index contributed by atoms with van der Waals surface area (Å²) in [5, 5.41) is 0.493. The van der Waals surface area contributed by atoms with Crippen LogP contribution in [0.1, 0.15) is 72.4 Å². The van der Waals surface area contributed by atoms with E-state index in [0.29, 0.717) is 28.7 Å². The van der Waals surface area contributed by atoms with Crippen molar-refractivity contribution >= 4 is 11.9 Å². The molecule has 2 fully saturated rings. The summed E-state index contributed by atoms with van der Waals surface area (Å²) >= 11 is 1.93. The van der Waals surface area contributed by atoms with E-state index in [9.17, 15) is 0 Å². The fourth-order valence-corrected chi connectivity index (χ4v) is 6.94. The van der Waals surface area contributed by atoms with Crippen LogP contribution >= 0.6 is 11.9 Å². The summed E-state index contributed by atoms with van der Waals surface area (Å²) in [5.74, 6) is 0.695. The van der Waals surface area contributed by atoms with E-state index in [1.54, 1.807) is 0 Å². The third-order valence-corrected chi connectivity index (χ3v) is 8.61. The summed E-state index contributed by atoms with van der Waals surface area (Å²) in [6.45, 7) is 19.0. The van der Waals surface area contributed by atoms with Gasteiger partial charge < -0.3 is 4.74 Å². The van der Waals surface area contributed by atoms with Gasteiger partial charge in [-0.15, -0.1) is 6.58 Å². The third-order valence-electron chi connectivity index (χ3n) is 7.34. The second kappa shape index (κ2) is 8.16. The lowest BCUT2D eigenvalue weighted by atomic mass is 9.70. The summed E-state index contributed by atoms with van der Waals surface area (Å²) in [6.07, 6.45) is 5.85. The fraction of sp³-hybridized carbons (Fsp3) is 0.680. The van der Waals surface area contributed by atoms with Crippen LogP contribution in [0.4, 0.5) is 0 Å². The Morgan fingerprint density at radius 1 is 1.25 bits per heavy atom. The zero-order chi connectivity index (χ0) is 20.6. The molecule has 0 aromatic heterocycles. The van der Waals surface area contributed by atoms with Gasteiger partial charge in [-0.25, -0.2) is 0 Å². The van der Waals surface area contributed by atoms with Crippen LogP contribution in [0.2, 0.25) is 0 Å². The molecule has 0 spiro atoms. The SMILES string of the molecule is C=CC[C@H](NSC1C(OCC(C)(C)C)[C@]2(C)CC[C@H]1C2(C)C)c1ccccc1. The highest BCUT2D eigenvalue weighted by molar-refractivity contribution is 7.98. The number of benzene rings is 1.